The smallest absolute Gasteiger partial charge is 0.257 e. The molecule has 0 radical (unpaired) electrons. The second kappa shape index (κ2) is 9.05. The summed E-state index contributed by atoms with van der Waals surface area (Å²) in [5.74, 6) is 1.69. The third-order valence-electron chi connectivity index (χ3n) is 5.36. The summed E-state index contributed by atoms with van der Waals surface area (Å²) in [4.78, 5) is 14.9. The van der Waals surface area contributed by atoms with Gasteiger partial charge < -0.3 is 14.4 Å². The number of ether oxygens (including phenoxy) is 2. The first kappa shape index (κ1) is 21.3. The van der Waals surface area contributed by atoms with Crippen LogP contribution in [0.2, 0.25) is 0 Å². The van der Waals surface area contributed by atoms with Crippen molar-refractivity contribution < 1.29 is 14.3 Å². The zero-order valence-electron chi connectivity index (χ0n) is 18.6. The summed E-state index contributed by atoms with van der Waals surface area (Å²) in [6.07, 6.45) is 2.22. The topological polar surface area (TPSA) is 82.4 Å². The lowest BCUT2D eigenvalue weighted by atomic mass is 10.1. The predicted octanol–water partition coefficient (Wildman–Crippen LogP) is 3.67. The molecule has 164 valence electrons. The number of aromatic nitrogens is 4. The Morgan fingerprint density at radius 1 is 1.00 bits per heavy atom. The van der Waals surface area contributed by atoms with E-state index in [-0.39, 0.29) is 5.91 Å². The summed E-state index contributed by atoms with van der Waals surface area (Å²) < 4.78 is 12.0. The highest BCUT2D eigenvalue weighted by molar-refractivity contribution is 5.95. The molecule has 2 aromatic heterocycles. The van der Waals surface area contributed by atoms with Gasteiger partial charge in [0.25, 0.3) is 5.91 Å². The minimum Gasteiger partial charge on any atom is -0.497 e. The minimum atomic E-state index is -0.0931. The molecule has 32 heavy (non-hydrogen) atoms. The SMILES string of the molecule is CCc1c(C(=O)N(C)Cc2ccc3cc(OC)ccc3c2)cnn1-c1ccc(OC)nn1. The highest BCUT2D eigenvalue weighted by Gasteiger charge is 2.21. The highest BCUT2D eigenvalue weighted by atomic mass is 16.5. The molecule has 8 heteroatoms. The number of hydrogen-bond donors (Lipinski definition) is 0. The first-order valence-electron chi connectivity index (χ1n) is 10.3. The van der Waals surface area contributed by atoms with Gasteiger partial charge in [0.2, 0.25) is 5.88 Å². The first-order chi connectivity index (χ1) is 15.5. The summed E-state index contributed by atoms with van der Waals surface area (Å²) in [5.41, 5.74) is 2.38. The number of benzene rings is 2. The summed E-state index contributed by atoms with van der Waals surface area (Å²) in [6, 6.07) is 15.6. The summed E-state index contributed by atoms with van der Waals surface area (Å²) >= 11 is 0. The average Bonchev–Trinajstić information content (AvgIpc) is 3.27. The van der Waals surface area contributed by atoms with Crippen LogP contribution in [0.25, 0.3) is 16.6 Å². The van der Waals surface area contributed by atoms with Gasteiger partial charge in [-0.3, -0.25) is 4.79 Å². The Balaban J connectivity index is 1.56. The van der Waals surface area contributed by atoms with Crippen LogP contribution in [0.3, 0.4) is 0 Å². The van der Waals surface area contributed by atoms with Crippen LogP contribution in [0.4, 0.5) is 0 Å². The van der Waals surface area contributed by atoms with E-state index < -0.39 is 0 Å². The van der Waals surface area contributed by atoms with E-state index in [1.165, 1.54) is 7.11 Å². The molecule has 0 bridgehead atoms. The van der Waals surface area contributed by atoms with Crippen molar-refractivity contribution >= 4 is 16.7 Å². The second-order valence-corrected chi connectivity index (χ2v) is 7.41. The number of amides is 1. The summed E-state index contributed by atoms with van der Waals surface area (Å²) in [7, 11) is 4.99. The van der Waals surface area contributed by atoms with Gasteiger partial charge in [-0.2, -0.15) is 5.10 Å². The normalized spacial score (nSPS) is 10.9. The van der Waals surface area contributed by atoms with E-state index in [0.29, 0.717) is 30.2 Å². The Bertz CT molecular complexity index is 1250. The van der Waals surface area contributed by atoms with Crippen molar-refractivity contribution in [2.24, 2.45) is 0 Å². The highest BCUT2D eigenvalue weighted by Crippen LogP contribution is 2.23. The van der Waals surface area contributed by atoms with Crippen LogP contribution in [-0.2, 0) is 13.0 Å². The van der Waals surface area contributed by atoms with Gasteiger partial charge in [0.15, 0.2) is 5.82 Å². The Labute approximate surface area is 186 Å². The molecule has 2 aromatic carbocycles. The number of carbonyl (C=O) groups is 1. The predicted molar refractivity (Wildman–Crippen MR) is 121 cm³/mol. The van der Waals surface area contributed by atoms with Crippen molar-refractivity contribution in [3.8, 4) is 17.4 Å². The zero-order valence-corrected chi connectivity index (χ0v) is 18.6. The van der Waals surface area contributed by atoms with Gasteiger partial charge in [0.05, 0.1) is 31.7 Å². The molecule has 2 heterocycles. The van der Waals surface area contributed by atoms with Gasteiger partial charge in [-0.15, -0.1) is 10.2 Å². The van der Waals surface area contributed by atoms with Crippen molar-refractivity contribution in [2.45, 2.75) is 19.9 Å². The maximum Gasteiger partial charge on any atom is 0.257 e. The molecule has 0 aliphatic heterocycles. The van der Waals surface area contributed by atoms with Crippen molar-refractivity contribution in [3.05, 3.63) is 71.5 Å². The molecule has 0 N–H and O–H groups in total. The van der Waals surface area contributed by atoms with Gasteiger partial charge in [0, 0.05) is 19.7 Å². The van der Waals surface area contributed by atoms with Gasteiger partial charge in [-0.1, -0.05) is 25.1 Å². The molecule has 0 aliphatic carbocycles. The van der Waals surface area contributed by atoms with Gasteiger partial charge in [-0.25, -0.2) is 4.68 Å². The van der Waals surface area contributed by atoms with E-state index in [9.17, 15) is 4.79 Å². The molecule has 0 aliphatic rings. The Morgan fingerprint density at radius 3 is 2.47 bits per heavy atom. The molecule has 0 spiro atoms. The van der Waals surface area contributed by atoms with E-state index >= 15 is 0 Å². The van der Waals surface area contributed by atoms with Crippen LogP contribution in [-0.4, -0.2) is 52.1 Å². The number of nitrogens with zero attached hydrogens (tertiary/aromatic N) is 5. The monoisotopic (exact) mass is 431 g/mol. The summed E-state index contributed by atoms with van der Waals surface area (Å²) in [5, 5.41) is 14.7. The lowest BCUT2D eigenvalue weighted by Gasteiger charge is -2.18. The maximum absolute atomic E-state index is 13.2. The fourth-order valence-corrected chi connectivity index (χ4v) is 3.67. The summed E-state index contributed by atoms with van der Waals surface area (Å²) in [6.45, 7) is 2.47. The van der Waals surface area contributed by atoms with Crippen molar-refractivity contribution in [2.75, 3.05) is 21.3 Å². The van der Waals surface area contributed by atoms with Crippen LogP contribution >= 0.6 is 0 Å². The molecule has 0 atom stereocenters. The van der Waals surface area contributed by atoms with E-state index in [0.717, 1.165) is 27.8 Å². The van der Waals surface area contributed by atoms with E-state index in [2.05, 4.69) is 21.4 Å². The maximum atomic E-state index is 13.2. The lowest BCUT2D eigenvalue weighted by Crippen LogP contribution is -2.27. The molecule has 0 fully saturated rings. The number of rotatable bonds is 7. The van der Waals surface area contributed by atoms with Crippen molar-refractivity contribution in [3.63, 3.8) is 0 Å². The quantitative estimate of drug-likeness (QED) is 0.444. The van der Waals surface area contributed by atoms with E-state index in [1.807, 2.05) is 37.3 Å². The molecule has 0 unspecified atom stereocenters. The Kier molecular flexibility index (Phi) is 6.02. The lowest BCUT2D eigenvalue weighted by molar-refractivity contribution is 0.0784. The van der Waals surface area contributed by atoms with Crippen LogP contribution in [0, 0.1) is 0 Å². The number of hydrogen-bond acceptors (Lipinski definition) is 6. The minimum absolute atomic E-state index is 0.0931. The number of carbonyl (C=O) groups excluding carboxylic acids is 1. The fraction of sp³-hybridized carbons (Fsp3) is 0.250. The third kappa shape index (κ3) is 4.12. The molecule has 0 saturated carbocycles. The van der Waals surface area contributed by atoms with Crippen molar-refractivity contribution in [1.29, 1.82) is 0 Å². The number of fused-ring (bicyclic) bond motifs is 1. The Morgan fingerprint density at radius 2 is 1.78 bits per heavy atom. The largest absolute Gasteiger partial charge is 0.497 e. The van der Waals surface area contributed by atoms with Crippen LogP contribution in [0.1, 0.15) is 28.5 Å². The molecule has 4 rings (SSSR count). The second-order valence-electron chi connectivity index (χ2n) is 7.41. The van der Waals surface area contributed by atoms with Gasteiger partial charge >= 0.3 is 0 Å². The van der Waals surface area contributed by atoms with Crippen molar-refractivity contribution in [1.82, 2.24) is 24.9 Å². The van der Waals surface area contributed by atoms with Crippen LogP contribution in [0.15, 0.2) is 54.7 Å². The standard InChI is InChI=1S/C24H25N5O3/c1-5-21-20(14-25-29(21)22-10-11-23(32-4)27-26-22)24(30)28(2)15-16-6-7-18-13-19(31-3)9-8-17(18)12-16/h6-14H,5,15H2,1-4H3. The average molecular weight is 431 g/mol. The molecule has 8 nitrogen and oxygen atoms in total. The Hall–Kier alpha value is -3.94. The molecule has 1 amide bonds. The van der Waals surface area contributed by atoms with E-state index in [4.69, 9.17) is 9.47 Å². The molecule has 0 saturated heterocycles. The first-order valence-corrected chi connectivity index (χ1v) is 10.3. The molecule has 4 aromatic rings. The van der Waals surface area contributed by atoms with Crippen LogP contribution < -0.4 is 9.47 Å². The van der Waals surface area contributed by atoms with Gasteiger partial charge in [0.1, 0.15) is 5.75 Å². The zero-order chi connectivity index (χ0) is 22.7. The van der Waals surface area contributed by atoms with Gasteiger partial charge in [-0.05, 0) is 47.0 Å². The number of methoxy groups -OCH3 is 2. The van der Waals surface area contributed by atoms with Crippen LogP contribution in [0.5, 0.6) is 11.6 Å². The third-order valence-corrected chi connectivity index (χ3v) is 5.36. The molecular formula is C24H25N5O3. The fourth-order valence-electron chi connectivity index (χ4n) is 3.67. The van der Waals surface area contributed by atoms with E-state index in [1.54, 1.807) is 42.1 Å². The molecular weight excluding hydrogens is 406 g/mol.